The standard InChI is InChI=1S/C13H23NO2/c1-13(2,3)16-12(15)11-8-9-6-4-5-7-10(9)14-11/h9-11,14H,4-8H2,1-3H3/t9-,10+,11+/m0/s1. The van der Waals surface area contributed by atoms with E-state index in [-0.39, 0.29) is 17.6 Å². The largest absolute Gasteiger partial charge is 0.459 e. The first kappa shape index (κ1) is 11.9. The highest BCUT2D eigenvalue weighted by molar-refractivity contribution is 5.76. The van der Waals surface area contributed by atoms with Gasteiger partial charge in [-0.25, -0.2) is 0 Å². The summed E-state index contributed by atoms with van der Waals surface area (Å²) >= 11 is 0. The van der Waals surface area contributed by atoms with Crippen LogP contribution in [0, 0.1) is 5.92 Å². The van der Waals surface area contributed by atoms with E-state index in [1.807, 2.05) is 20.8 Å². The number of carbonyl (C=O) groups is 1. The van der Waals surface area contributed by atoms with Gasteiger partial charge in [0.1, 0.15) is 11.6 Å². The zero-order valence-corrected chi connectivity index (χ0v) is 10.6. The van der Waals surface area contributed by atoms with Gasteiger partial charge >= 0.3 is 5.97 Å². The van der Waals surface area contributed by atoms with Crippen molar-refractivity contribution in [3.63, 3.8) is 0 Å². The first-order valence-electron chi connectivity index (χ1n) is 6.44. The highest BCUT2D eigenvalue weighted by Gasteiger charge is 2.39. The van der Waals surface area contributed by atoms with Crippen LogP contribution in [0.15, 0.2) is 0 Å². The van der Waals surface area contributed by atoms with E-state index in [2.05, 4.69) is 5.32 Å². The lowest BCUT2D eigenvalue weighted by molar-refractivity contribution is -0.157. The molecule has 1 heterocycles. The molecule has 92 valence electrons. The summed E-state index contributed by atoms with van der Waals surface area (Å²) in [5, 5.41) is 3.44. The van der Waals surface area contributed by atoms with E-state index in [0.29, 0.717) is 12.0 Å². The Morgan fingerprint density at radius 3 is 2.56 bits per heavy atom. The van der Waals surface area contributed by atoms with Gasteiger partial charge in [-0.05, 0) is 46.0 Å². The minimum Gasteiger partial charge on any atom is -0.459 e. The maximum Gasteiger partial charge on any atom is 0.323 e. The molecule has 3 nitrogen and oxygen atoms in total. The number of esters is 1. The topological polar surface area (TPSA) is 38.3 Å². The van der Waals surface area contributed by atoms with E-state index in [9.17, 15) is 4.79 Å². The van der Waals surface area contributed by atoms with Crippen LogP contribution < -0.4 is 5.32 Å². The van der Waals surface area contributed by atoms with Crippen molar-refractivity contribution >= 4 is 5.97 Å². The van der Waals surface area contributed by atoms with Crippen molar-refractivity contribution in [2.45, 2.75) is 70.6 Å². The third-order valence-electron chi connectivity index (χ3n) is 3.55. The monoisotopic (exact) mass is 225 g/mol. The Labute approximate surface area is 97.9 Å². The molecule has 2 aliphatic rings. The fourth-order valence-corrected chi connectivity index (χ4v) is 2.88. The summed E-state index contributed by atoms with van der Waals surface area (Å²) < 4.78 is 5.43. The van der Waals surface area contributed by atoms with Crippen LogP contribution >= 0.6 is 0 Å². The van der Waals surface area contributed by atoms with E-state index >= 15 is 0 Å². The van der Waals surface area contributed by atoms with Crippen molar-refractivity contribution in [1.29, 1.82) is 0 Å². The highest BCUT2D eigenvalue weighted by Crippen LogP contribution is 2.33. The predicted octanol–water partition coefficient (Wildman–Crippen LogP) is 2.25. The second-order valence-electron chi connectivity index (χ2n) is 6.14. The van der Waals surface area contributed by atoms with Gasteiger partial charge in [-0.1, -0.05) is 12.8 Å². The average Bonchev–Trinajstić information content (AvgIpc) is 2.58. The molecule has 3 heteroatoms. The fourth-order valence-electron chi connectivity index (χ4n) is 2.88. The van der Waals surface area contributed by atoms with Crippen molar-refractivity contribution in [3.05, 3.63) is 0 Å². The Morgan fingerprint density at radius 1 is 1.25 bits per heavy atom. The van der Waals surface area contributed by atoms with Gasteiger partial charge in [0.25, 0.3) is 0 Å². The second-order valence-corrected chi connectivity index (χ2v) is 6.14. The zero-order valence-electron chi connectivity index (χ0n) is 10.6. The van der Waals surface area contributed by atoms with E-state index in [4.69, 9.17) is 4.74 Å². The molecule has 0 amide bonds. The van der Waals surface area contributed by atoms with Gasteiger partial charge in [-0.15, -0.1) is 0 Å². The highest BCUT2D eigenvalue weighted by atomic mass is 16.6. The summed E-state index contributed by atoms with van der Waals surface area (Å²) in [6.07, 6.45) is 6.10. The van der Waals surface area contributed by atoms with Crippen molar-refractivity contribution in [3.8, 4) is 0 Å². The van der Waals surface area contributed by atoms with Gasteiger partial charge in [0.2, 0.25) is 0 Å². The Morgan fingerprint density at radius 2 is 1.94 bits per heavy atom. The maximum atomic E-state index is 11.9. The molecule has 2 rings (SSSR count). The smallest absolute Gasteiger partial charge is 0.323 e. The SMILES string of the molecule is CC(C)(C)OC(=O)[C@H]1C[C@@H]2CCCC[C@H]2N1. The van der Waals surface area contributed by atoms with E-state index in [1.165, 1.54) is 25.7 Å². The molecule has 0 aromatic carbocycles. The molecular weight excluding hydrogens is 202 g/mol. The van der Waals surface area contributed by atoms with Crippen LogP contribution in [0.25, 0.3) is 0 Å². The minimum atomic E-state index is -0.369. The number of carbonyl (C=O) groups excluding carboxylic acids is 1. The van der Waals surface area contributed by atoms with Crippen LogP contribution in [0.2, 0.25) is 0 Å². The summed E-state index contributed by atoms with van der Waals surface area (Å²) in [7, 11) is 0. The van der Waals surface area contributed by atoms with Crippen molar-refractivity contribution in [1.82, 2.24) is 5.32 Å². The lowest BCUT2D eigenvalue weighted by Gasteiger charge is -2.24. The molecule has 1 saturated heterocycles. The molecule has 16 heavy (non-hydrogen) atoms. The van der Waals surface area contributed by atoms with Gasteiger partial charge in [0.15, 0.2) is 0 Å². The molecule has 3 atom stereocenters. The van der Waals surface area contributed by atoms with Gasteiger partial charge in [-0.2, -0.15) is 0 Å². The second kappa shape index (κ2) is 4.36. The molecule has 1 N–H and O–H groups in total. The molecule has 0 bridgehead atoms. The van der Waals surface area contributed by atoms with Crippen LogP contribution in [0.3, 0.4) is 0 Å². The first-order valence-corrected chi connectivity index (χ1v) is 6.44. The van der Waals surface area contributed by atoms with Crippen molar-refractivity contribution in [2.24, 2.45) is 5.92 Å². The number of ether oxygens (including phenoxy) is 1. The van der Waals surface area contributed by atoms with Crippen molar-refractivity contribution in [2.75, 3.05) is 0 Å². The Kier molecular flexibility index (Phi) is 3.24. The van der Waals surface area contributed by atoms with Gasteiger partial charge < -0.3 is 10.1 Å². The van der Waals surface area contributed by atoms with E-state index < -0.39 is 0 Å². The number of fused-ring (bicyclic) bond motifs is 1. The van der Waals surface area contributed by atoms with Gasteiger partial charge in [-0.3, -0.25) is 4.79 Å². The summed E-state index contributed by atoms with van der Waals surface area (Å²) in [4.78, 5) is 11.9. The number of hydrogen-bond donors (Lipinski definition) is 1. The summed E-state index contributed by atoms with van der Waals surface area (Å²) in [6.45, 7) is 5.77. The number of nitrogens with one attached hydrogen (secondary N) is 1. The molecule has 0 aromatic rings. The number of hydrogen-bond acceptors (Lipinski definition) is 3. The molecule has 1 aliphatic carbocycles. The van der Waals surface area contributed by atoms with Gasteiger partial charge in [0.05, 0.1) is 0 Å². The lowest BCUT2D eigenvalue weighted by Crippen LogP contribution is -2.40. The molecule has 1 aliphatic heterocycles. The number of rotatable bonds is 1. The van der Waals surface area contributed by atoms with E-state index in [0.717, 1.165) is 6.42 Å². The van der Waals surface area contributed by atoms with Crippen LogP contribution in [0.4, 0.5) is 0 Å². The molecule has 0 unspecified atom stereocenters. The molecule has 1 saturated carbocycles. The van der Waals surface area contributed by atoms with Gasteiger partial charge in [0, 0.05) is 6.04 Å². The summed E-state index contributed by atoms with van der Waals surface area (Å²) in [5.41, 5.74) is -0.369. The summed E-state index contributed by atoms with van der Waals surface area (Å²) in [6, 6.07) is 0.499. The molecule has 0 spiro atoms. The zero-order chi connectivity index (χ0) is 11.8. The van der Waals surface area contributed by atoms with Crippen LogP contribution in [-0.4, -0.2) is 23.7 Å². The van der Waals surface area contributed by atoms with Crippen LogP contribution in [0.5, 0.6) is 0 Å². The first-order chi connectivity index (χ1) is 7.46. The maximum absolute atomic E-state index is 11.9. The average molecular weight is 225 g/mol. The van der Waals surface area contributed by atoms with Crippen LogP contribution in [-0.2, 0) is 9.53 Å². The van der Waals surface area contributed by atoms with Crippen LogP contribution in [0.1, 0.15) is 52.9 Å². The summed E-state index contributed by atoms with van der Waals surface area (Å²) in [5.74, 6) is 0.633. The molecule has 0 aromatic heterocycles. The molecule has 0 radical (unpaired) electrons. The quantitative estimate of drug-likeness (QED) is 0.696. The lowest BCUT2D eigenvalue weighted by atomic mass is 9.85. The molecular formula is C13H23NO2. The normalized spacial score (nSPS) is 34.6. The van der Waals surface area contributed by atoms with E-state index in [1.54, 1.807) is 0 Å². The third-order valence-corrected chi connectivity index (χ3v) is 3.55. The Bertz CT molecular complexity index is 256. The Balaban J connectivity index is 1.90. The predicted molar refractivity (Wildman–Crippen MR) is 63.1 cm³/mol. The fraction of sp³-hybridized carbons (Fsp3) is 0.923. The Hall–Kier alpha value is -0.570. The molecule has 2 fully saturated rings. The minimum absolute atomic E-state index is 0.0627. The third kappa shape index (κ3) is 2.76. The van der Waals surface area contributed by atoms with Crippen molar-refractivity contribution < 1.29 is 9.53 Å².